The molecule has 0 saturated carbocycles. The van der Waals surface area contributed by atoms with Crippen LogP contribution in [0.5, 0.6) is 0 Å². The molecule has 1 aliphatic heterocycles. The number of sulfonamides is 1. The lowest BCUT2D eigenvalue weighted by molar-refractivity contribution is -0.120. The van der Waals surface area contributed by atoms with Crippen molar-refractivity contribution in [3.63, 3.8) is 0 Å². The molecular weight excluding hydrogens is 478 g/mol. The van der Waals surface area contributed by atoms with E-state index < -0.39 is 10.0 Å². The largest absolute Gasteiger partial charge is 0.324 e. The second-order valence-corrected chi connectivity index (χ2v) is 10.4. The molecule has 0 aliphatic carbocycles. The third kappa shape index (κ3) is 5.78. The number of carbonyl (C=O) groups is 1. The highest BCUT2D eigenvalue weighted by Gasteiger charge is 2.31. The van der Waals surface area contributed by atoms with Crippen LogP contribution >= 0.6 is 46.4 Å². The van der Waals surface area contributed by atoms with Crippen molar-refractivity contribution in [1.82, 2.24) is 4.31 Å². The van der Waals surface area contributed by atoms with Gasteiger partial charge in [-0.3, -0.25) is 4.79 Å². The van der Waals surface area contributed by atoms with Crippen molar-refractivity contribution in [3.8, 4) is 0 Å². The Kier molecular flexibility index (Phi) is 7.36. The maximum absolute atomic E-state index is 12.7. The first-order valence-electron chi connectivity index (χ1n) is 8.83. The van der Waals surface area contributed by atoms with Gasteiger partial charge in [0.1, 0.15) is 0 Å². The molecule has 1 amide bonds. The van der Waals surface area contributed by atoms with Gasteiger partial charge < -0.3 is 5.32 Å². The molecule has 0 bridgehead atoms. The summed E-state index contributed by atoms with van der Waals surface area (Å²) in [7, 11) is -3.47. The summed E-state index contributed by atoms with van der Waals surface area (Å²) < 4.78 is 26.8. The molecular formula is C19H18Cl4N2O3S. The Morgan fingerprint density at radius 2 is 1.55 bits per heavy atom. The van der Waals surface area contributed by atoms with E-state index in [1.165, 1.54) is 16.4 Å². The predicted molar refractivity (Wildman–Crippen MR) is 118 cm³/mol. The molecule has 29 heavy (non-hydrogen) atoms. The van der Waals surface area contributed by atoms with E-state index in [1.807, 2.05) is 0 Å². The Bertz CT molecular complexity index is 1000. The summed E-state index contributed by atoms with van der Waals surface area (Å²) in [5.41, 5.74) is 1.05. The molecule has 5 nitrogen and oxygen atoms in total. The van der Waals surface area contributed by atoms with Crippen molar-refractivity contribution in [3.05, 3.63) is 62.1 Å². The first-order valence-corrected chi connectivity index (χ1v) is 12.0. The fraction of sp³-hybridized carbons (Fsp3) is 0.316. The molecule has 1 saturated heterocycles. The van der Waals surface area contributed by atoms with Gasteiger partial charge in [-0.25, -0.2) is 12.7 Å². The van der Waals surface area contributed by atoms with E-state index in [4.69, 9.17) is 46.4 Å². The molecule has 2 aromatic carbocycles. The zero-order valence-electron chi connectivity index (χ0n) is 15.2. The molecule has 3 rings (SSSR count). The monoisotopic (exact) mass is 494 g/mol. The number of anilines is 1. The normalized spacial score (nSPS) is 16.0. The smallest absolute Gasteiger partial charge is 0.227 e. The van der Waals surface area contributed by atoms with E-state index in [0.29, 0.717) is 34.1 Å². The first-order chi connectivity index (χ1) is 13.7. The summed E-state index contributed by atoms with van der Waals surface area (Å²) in [6.45, 7) is 0.562. The van der Waals surface area contributed by atoms with Gasteiger partial charge in [-0.05, 0) is 42.7 Å². The molecule has 1 fully saturated rings. The Morgan fingerprint density at radius 1 is 0.966 bits per heavy atom. The summed E-state index contributed by atoms with van der Waals surface area (Å²) in [6, 6.07) is 9.68. The number of carbonyl (C=O) groups excluding carboxylic acids is 1. The summed E-state index contributed by atoms with van der Waals surface area (Å²) in [5.74, 6) is -0.637. The van der Waals surface area contributed by atoms with Crippen molar-refractivity contribution < 1.29 is 13.2 Å². The van der Waals surface area contributed by atoms with Crippen LogP contribution in [0, 0.1) is 5.92 Å². The molecule has 1 aliphatic rings. The quantitative estimate of drug-likeness (QED) is 0.558. The topological polar surface area (TPSA) is 66.5 Å². The average Bonchev–Trinajstić information content (AvgIpc) is 2.68. The van der Waals surface area contributed by atoms with Crippen LogP contribution in [0.15, 0.2) is 36.4 Å². The Labute approximate surface area is 189 Å². The van der Waals surface area contributed by atoms with E-state index in [1.54, 1.807) is 24.3 Å². The lowest BCUT2D eigenvalue weighted by Gasteiger charge is -2.30. The summed E-state index contributed by atoms with van der Waals surface area (Å²) in [4.78, 5) is 12.6. The average molecular weight is 496 g/mol. The second kappa shape index (κ2) is 9.41. The van der Waals surface area contributed by atoms with E-state index in [9.17, 15) is 13.2 Å². The number of nitrogens with zero attached hydrogens (tertiary/aromatic N) is 1. The second-order valence-electron chi connectivity index (χ2n) is 6.79. The number of rotatable bonds is 5. The molecule has 156 valence electrons. The Hall–Kier alpha value is -1.02. The number of amides is 1. The number of benzene rings is 2. The Balaban J connectivity index is 1.59. The molecule has 0 radical (unpaired) electrons. The standard InChI is InChI=1S/C19H18Cl4N2O3S/c20-14-3-1-12(2-4-14)11-29(27,28)25-7-5-13(6-8-25)19(26)24-18-10-16(22)15(21)9-17(18)23/h1-4,9-10,13H,5-8,11H2,(H,24,26). The van der Waals surface area contributed by atoms with E-state index in [2.05, 4.69) is 5.32 Å². The molecule has 1 N–H and O–H groups in total. The maximum atomic E-state index is 12.7. The third-order valence-electron chi connectivity index (χ3n) is 4.75. The molecule has 0 spiro atoms. The van der Waals surface area contributed by atoms with Crippen LogP contribution in [0.3, 0.4) is 0 Å². The van der Waals surface area contributed by atoms with Crippen LogP contribution in [-0.4, -0.2) is 31.7 Å². The van der Waals surface area contributed by atoms with Gasteiger partial charge >= 0.3 is 0 Å². The van der Waals surface area contributed by atoms with Gasteiger partial charge in [0.2, 0.25) is 15.9 Å². The van der Waals surface area contributed by atoms with Crippen LogP contribution in [-0.2, 0) is 20.6 Å². The zero-order valence-corrected chi connectivity index (χ0v) is 19.0. The minimum atomic E-state index is -3.47. The van der Waals surface area contributed by atoms with Crippen LogP contribution in [0.2, 0.25) is 20.1 Å². The highest BCUT2D eigenvalue weighted by Crippen LogP contribution is 2.33. The fourth-order valence-electron chi connectivity index (χ4n) is 3.13. The van der Waals surface area contributed by atoms with Crippen molar-refractivity contribution in [2.75, 3.05) is 18.4 Å². The van der Waals surface area contributed by atoms with E-state index in [-0.39, 0.29) is 40.7 Å². The minimum Gasteiger partial charge on any atom is -0.324 e. The van der Waals surface area contributed by atoms with Crippen molar-refractivity contribution in [1.29, 1.82) is 0 Å². The van der Waals surface area contributed by atoms with Crippen LogP contribution in [0.1, 0.15) is 18.4 Å². The van der Waals surface area contributed by atoms with Crippen molar-refractivity contribution in [2.45, 2.75) is 18.6 Å². The summed E-state index contributed by atoms with van der Waals surface area (Å²) in [6.07, 6.45) is 0.843. The minimum absolute atomic E-state index is 0.0973. The van der Waals surface area contributed by atoms with Crippen molar-refractivity contribution >= 4 is 68.0 Å². The lowest BCUT2D eigenvalue weighted by atomic mass is 9.97. The van der Waals surface area contributed by atoms with Crippen LogP contribution in [0.4, 0.5) is 5.69 Å². The van der Waals surface area contributed by atoms with E-state index in [0.717, 1.165) is 0 Å². The van der Waals surface area contributed by atoms with Gasteiger partial charge in [0.25, 0.3) is 0 Å². The first kappa shape index (κ1) is 22.7. The maximum Gasteiger partial charge on any atom is 0.227 e. The molecule has 2 aromatic rings. The van der Waals surface area contributed by atoms with Crippen molar-refractivity contribution in [2.24, 2.45) is 5.92 Å². The highest BCUT2D eigenvalue weighted by atomic mass is 35.5. The molecule has 1 heterocycles. The third-order valence-corrected chi connectivity index (χ3v) is 7.89. The highest BCUT2D eigenvalue weighted by molar-refractivity contribution is 7.88. The fourth-order valence-corrected chi connectivity index (χ4v) is 5.42. The van der Waals surface area contributed by atoms with E-state index >= 15 is 0 Å². The van der Waals surface area contributed by atoms with Gasteiger partial charge in [0.15, 0.2) is 0 Å². The Morgan fingerprint density at radius 3 is 2.17 bits per heavy atom. The molecule has 10 heteroatoms. The SMILES string of the molecule is O=C(Nc1cc(Cl)c(Cl)cc1Cl)C1CCN(S(=O)(=O)Cc2ccc(Cl)cc2)CC1. The number of piperidine rings is 1. The van der Waals surface area contributed by atoms with Gasteiger partial charge in [-0.1, -0.05) is 58.5 Å². The van der Waals surface area contributed by atoms with Gasteiger partial charge in [-0.2, -0.15) is 0 Å². The summed E-state index contributed by atoms with van der Waals surface area (Å²) >= 11 is 23.8. The zero-order chi connectivity index (χ0) is 21.2. The van der Waals surface area contributed by atoms with Crippen LogP contribution < -0.4 is 5.32 Å². The van der Waals surface area contributed by atoms with Gasteiger partial charge in [0.05, 0.1) is 26.5 Å². The molecule has 0 atom stereocenters. The van der Waals surface area contributed by atoms with Gasteiger partial charge in [0, 0.05) is 24.0 Å². The molecule has 0 unspecified atom stereocenters. The van der Waals surface area contributed by atoms with Crippen LogP contribution in [0.25, 0.3) is 0 Å². The number of nitrogens with one attached hydrogen (secondary N) is 1. The number of hydrogen-bond donors (Lipinski definition) is 1. The van der Waals surface area contributed by atoms with Gasteiger partial charge in [-0.15, -0.1) is 0 Å². The predicted octanol–water partition coefficient (Wildman–Crippen LogP) is 5.48. The number of hydrogen-bond acceptors (Lipinski definition) is 3. The lowest BCUT2D eigenvalue weighted by Crippen LogP contribution is -2.41. The molecule has 0 aromatic heterocycles. The summed E-state index contributed by atoms with van der Waals surface area (Å²) in [5, 5.41) is 4.18. The number of halogens is 4.